The maximum Gasteiger partial charge on any atom is 0.257 e. The number of methoxy groups -OCH3 is 1. The van der Waals surface area contributed by atoms with Gasteiger partial charge in [0.25, 0.3) is 5.89 Å². The average molecular weight is 281 g/mol. The van der Waals surface area contributed by atoms with Gasteiger partial charge in [0.2, 0.25) is 0 Å². The maximum absolute atomic E-state index is 5.26. The summed E-state index contributed by atoms with van der Waals surface area (Å²) in [7, 11) is 1.64. The average Bonchev–Trinajstić information content (AvgIpc) is 3.03. The van der Waals surface area contributed by atoms with E-state index in [2.05, 4.69) is 15.5 Å². The molecule has 0 aliphatic rings. The molecule has 0 radical (unpaired) electrons. The first kappa shape index (κ1) is 13.2. The van der Waals surface area contributed by atoms with Crippen molar-refractivity contribution in [2.75, 3.05) is 12.4 Å². The number of anilines is 1. The zero-order valence-corrected chi connectivity index (χ0v) is 11.6. The Labute approximate surface area is 122 Å². The molecule has 0 amide bonds. The van der Waals surface area contributed by atoms with Crippen molar-refractivity contribution in [1.82, 2.24) is 10.1 Å². The predicted octanol–water partition coefficient (Wildman–Crippen LogP) is 3.36. The molecule has 0 aliphatic heterocycles. The summed E-state index contributed by atoms with van der Waals surface area (Å²) < 4.78 is 10.4. The van der Waals surface area contributed by atoms with Crippen molar-refractivity contribution in [1.29, 1.82) is 0 Å². The van der Waals surface area contributed by atoms with E-state index >= 15 is 0 Å². The third kappa shape index (κ3) is 3.20. The van der Waals surface area contributed by atoms with Gasteiger partial charge in [-0.2, -0.15) is 4.98 Å². The Kier molecular flexibility index (Phi) is 3.82. The van der Waals surface area contributed by atoms with Crippen LogP contribution in [0.2, 0.25) is 0 Å². The molecule has 21 heavy (non-hydrogen) atoms. The molecule has 0 saturated heterocycles. The fraction of sp³-hybridized carbons (Fsp3) is 0.125. The van der Waals surface area contributed by atoms with Crippen molar-refractivity contribution in [3.05, 3.63) is 60.4 Å². The van der Waals surface area contributed by atoms with E-state index in [9.17, 15) is 0 Å². The SMILES string of the molecule is COc1cccc(NCc2noc(-c3ccccc3)n2)c1. The van der Waals surface area contributed by atoms with Crippen LogP contribution in [0.15, 0.2) is 59.1 Å². The molecule has 1 N–H and O–H groups in total. The van der Waals surface area contributed by atoms with E-state index in [0.717, 1.165) is 17.0 Å². The van der Waals surface area contributed by atoms with Gasteiger partial charge < -0.3 is 14.6 Å². The molecule has 3 aromatic rings. The highest BCUT2D eigenvalue weighted by Crippen LogP contribution is 2.19. The van der Waals surface area contributed by atoms with Gasteiger partial charge in [0.1, 0.15) is 5.75 Å². The summed E-state index contributed by atoms with van der Waals surface area (Å²) in [5.41, 5.74) is 1.86. The molecule has 0 atom stereocenters. The van der Waals surface area contributed by atoms with Crippen molar-refractivity contribution in [2.45, 2.75) is 6.54 Å². The Morgan fingerprint density at radius 3 is 2.76 bits per heavy atom. The molecule has 0 fully saturated rings. The topological polar surface area (TPSA) is 60.2 Å². The number of aromatic nitrogens is 2. The van der Waals surface area contributed by atoms with Crippen molar-refractivity contribution in [3.8, 4) is 17.2 Å². The first-order chi connectivity index (χ1) is 10.3. The Hall–Kier alpha value is -2.82. The van der Waals surface area contributed by atoms with Crippen LogP contribution in [0, 0.1) is 0 Å². The maximum atomic E-state index is 5.26. The number of rotatable bonds is 5. The summed E-state index contributed by atoms with van der Waals surface area (Å²) in [6, 6.07) is 17.4. The Bertz CT molecular complexity index is 710. The number of benzene rings is 2. The van der Waals surface area contributed by atoms with Gasteiger partial charge in [-0.25, -0.2) is 0 Å². The molecule has 0 saturated carbocycles. The van der Waals surface area contributed by atoms with Crippen LogP contribution in [-0.2, 0) is 6.54 Å². The van der Waals surface area contributed by atoms with Crippen LogP contribution in [0.5, 0.6) is 5.75 Å². The minimum atomic E-state index is 0.490. The quantitative estimate of drug-likeness (QED) is 0.777. The summed E-state index contributed by atoms with van der Waals surface area (Å²) in [6.07, 6.45) is 0. The largest absolute Gasteiger partial charge is 0.497 e. The van der Waals surface area contributed by atoms with Gasteiger partial charge in [-0.3, -0.25) is 0 Å². The molecule has 0 bridgehead atoms. The summed E-state index contributed by atoms with van der Waals surface area (Å²) in [4.78, 5) is 4.37. The lowest BCUT2D eigenvalue weighted by atomic mass is 10.2. The van der Waals surface area contributed by atoms with E-state index in [1.807, 2.05) is 54.6 Å². The molecule has 0 unspecified atom stereocenters. The first-order valence-corrected chi connectivity index (χ1v) is 6.61. The minimum Gasteiger partial charge on any atom is -0.497 e. The second-order valence-electron chi connectivity index (χ2n) is 4.47. The molecule has 0 aliphatic carbocycles. The van der Waals surface area contributed by atoms with Gasteiger partial charge in [0.05, 0.1) is 13.7 Å². The van der Waals surface area contributed by atoms with Crippen LogP contribution in [0.3, 0.4) is 0 Å². The highest BCUT2D eigenvalue weighted by Gasteiger charge is 2.08. The number of ether oxygens (including phenoxy) is 1. The smallest absolute Gasteiger partial charge is 0.257 e. The van der Waals surface area contributed by atoms with Gasteiger partial charge in [-0.15, -0.1) is 0 Å². The van der Waals surface area contributed by atoms with Crippen LogP contribution >= 0.6 is 0 Å². The van der Waals surface area contributed by atoms with Crippen LogP contribution in [0.25, 0.3) is 11.5 Å². The third-order valence-corrected chi connectivity index (χ3v) is 3.01. The zero-order chi connectivity index (χ0) is 14.5. The highest BCUT2D eigenvalue weighted by molar-refractivity contribution is 5.52. The molecular weight excluding hydrogens is 266 g/mol. The standard InChI is InChI=1S/C16H15N3O2/c1-20-14-9-5-8-13(10-14)17-11-15-18-16(21-19-15)12-6-3-2-4-7-12/h2-10,17H,11H2,1H3. The van der Waals surface area contributed by atoms with E-state index in [1.165, 1.54) is 0 Å². The van der Waals surface area contributed by atoms with Gasteiger partial charge in [-0.05, 0) is 24.3 Å². The molecular formula is C16H15N3O2. The van der Waals surface area contributed by atoms with Gasteiger partial charge in [0.15, 0.2) is 5.82 Å². The van der Waals surface area contributed by atoms with Crippen LogP contribution < -0.4 is 10.1 Å². The van der Waals surface area contributed by atoms with Crippen LogP contribution in [0.1, 0.15) is 5.82 Å². The van der Waals surface area contributed by atoms with Crippen molar-refractivity contribution in [2.24, 2.45) is 0 Å². The molecule has 3 rings (SSSR count). The molecule has 0 spiro atoms. The van der Waals surface area contributed by atoms with E-state index < -0.39 is 0 Å². The van der Waals surface area contributed by atoms with Gasteiger partial charge in [-0.1, -0.05) is 29.4 Å². The fourth-order valence-corrected chi connectivity index (χ4v) is 1.94. The summed E-state index contributed by atoms with van der Waals surface area (Å²) in [6.45, 7) is 0.490. The lowest BCUT2D eigenvalue weighted by Crippen LogP contribution is -2.01. The van der Waals surface area contributed by atoms with E-state index in [4.69, 9.17) is 9.26 Å². The third-order valence-electron chi connectivity index (χ3n) is 3.01. The Morgan fingerprint density at radius 1 is 1.10 bits per heavy atom. The molecule has 106 valence electrons. The van der Waals surface area contributed by atoms with Gasteiger partial charge in [0, 0.05) is 17.3 Å². The molecule has 5 heteroatoms. The van der Waals surface area contributed by atoms with E-state index in [0.29, 0.717) is 18.3 Å². The minimum absolute atomic E-state index is 0.490. The van der Waals surface area contributed by atoms with E-state index in [-0.39, 0.29) is 0 Å². The first-order valence-electron chi connectivity index (χ1n) is 6.61. The second-order valence-corrected chi connectivity index (χ2v) is 4.47. The predicted molar refractivity (Wildman–Crippen MR) is 80.1 cm³/mol. The lowest BCUT2D eigenvalue weighted by molar-refractivity contribution is 0.415. The summed E-state index contributed by atoms with van der Waals surface area (Å²) in [5.74, 6) is 1.94. The number of nitrogens with one attached hydrogen (secondary N) is 1. The number of hydrogen-bond donors (Lipinski definition) is 1. The normalized spacial score (nSPS) is 10.3. The number of hydrogen-bond acceptors (Lipinski definition) is 5. The summed E-state index contributed by atoms with van der Waals surface area (Å²) in [5, 5.41) is 7.21. The van der Waals surface area contributed by atoms with Crippen molar-refractivity contribution >= 4 is 5.69 Å². The Balaban J connectivity index is 1.67. The highest BCUT2D eigenvalue weighted by atomic mass is 16.5. The Morgan fingerprint density at radius 2 is 1.95 bits per heavy atom. The lowest BCUT2D eigenvalue weighted by Gasteiger charge is -2.05. The molecule has 1 heterocycles. The van der Waals surface area contributed by atoms with Crippen molar-refractivity contribution < 1.29 is 9.26 Å². The zero-order valence-electron chi connectivity index (χ0n) is 11.6. The van der Waals surface area contributed by atoms with Gasteiger partial charge >= 0.3 is 0 Å². The van der Waals surface area contributed by atoms with Crippen LogP contribution in [0.4, 0.5) is 5.69 Å². The molecule has 5 nitrogen and oxygen atoms in total. The molecule has 1 aromatic heterocycles. The summed E-state index contributed by atoms with van der Waals surface area (Å²) >= 11 is 0. The second kappa shape index (κ2) is 6.09. The van der Waals surface area contributed by atoms with E-state index in [1.54, 1.807) is 7.11 Å². The van der Waals surface area contributed by atoms with Crippen molar-refractivity contribution in [3.63, 3.8) is 0 Å². The fourth-order valence-electron chi connectivity index (χ4n) is 1.94. The van der Waals surface area contributed by atoms with Crippen LogP contribution in [-0.4, -0.2) is 17.3 Å². The monoisotopic (exact) mass is 281 g/mol. The molecule has 2 aromatic carbocycles. The number of nitrogens with zero attached hydrogens (tertiary/aromatic N) is 2.